The average molecular weight is 233 g/mol. The lowest BCUT2D eigenvalue weighted by Gasteiger charge is -2.17. The third kappa shape index (κ3) is 3.45. The van der Waals surface area contributed by atoms with Crippen LogP contribution in [0, 0.1) is 5.92 Å². The second kappa shape index (κ2) is 5.52. The van der Waals surface area contributed by atoms with Gasteiger partial charge in [-0.2, -0.15) is 0 Å². The van der Waals surface area contributed by atoms with E-state index in [0.29, 0.717) is 12.0 Å². The number of rotatable bonds is 4. The zero-order valence-corrected chi connectivity index (χ0v) is 10.6. The average Bonchev–Trinajstić information content (AvgIpc) is 2.77. The van der Waals surface area contributed by atoms with Crippen molar-refractivity contribution in [3.63, 3.8) is 0 Å². The second-order valence-electron chi connectivity index (χ2n) is 5.20. The predicted octanol–water partition coefficient (Wildman–Crippen LogP) is 1.48. The van der Waals surface area contributed by atoms with Crippen molar-refractivity contribution in [2.24, 2.45) is 11.7 Å². The Morgan fingerprint density at radius 1 is 1.35 bits per heavy atom. The summed E-state index contributed by atoms with van der Waals surface area (Å²) in [4.78, 5) is 2.52. The van der Waals surface area contributed by atoms with Gasteiger partial charge in [0, 0.05) is 24.8 Å². The highest BCUT2D eigenvalue weighted by Gasteiger charge is 2.24. The summed E-state index contributed by atoms with van der Waals surface area (Å²) in [5.41, 5.74) is 13.8. The maximum absolute atomic E-state index is 5.94. The normalized spacial score (nSPS) is 22.8. The monoisotopic (exact) mass is 233 g/mol. The van der Waals surface area contributed by atoms with Gasteiger partial charge in [0.25, 0.3) is 0 Å². The van der Waals surface area contributed by atoms with Gasteiger partial charge in [-0.25, -0.2) is 0 Å². The lowest BCUT2D eigenvalue weighted by atomic mass is 10.0. The van der Waals surface area contributed by atoms with Crippen molar-refractivity contribution in [1.29, 1.82) is 0 Å². The van der Waals surface area contributed by atoms with Crippen LogP contribution in [0.2, 0.25) is 0 Å². The molecule has 3 heteroatoms. The fourth-order valence-corrected chi connectivity index (χ4v) is 2.47. The molecule has 0 spiro atoms. The SMILES string of the molecule is CC(N)C1CCN(CCc2ccc(N)cc2)C1. The minimum absolute atomic E-state index is 0.330. The van der Waals surface area contributed by atoms with Crippen LogP contribution in [0.15, 0.2) is 24.3 Å². The van der Waals surface area contributed by atoms with Crippen LogP contribution < -0.4 is 11.5 Å². The van der Waals surface area contributed by atoms with Gasteiger partial charge < -0.3 is 16.4 Å². The molecule has 1 aromatic rings. The molecule has 0 aromatic heterocycles. The first-order chi connectivity index (χ1) is 8.15. The van der Waals surface area contributed by atoms with Crippen LogP contribution in [-0.4, -0.2) is 30.6 Å². The molecule has 1 fully saturated rings. The lowest BCUT2D eigenvalue weighted by Crippen LogP contribution is -2.30. The Hall–Kier alpha value is -1.06. The molecular weight excluding hydrogens is 210 g/mol. The molecule has 17 heavy (non-hydrogen) atoms. The Balaban J connectivity index is 1.78. The highest BCUT2D eigenvalue weighted by molar-refractivity contribution is 5.39. The summed E-state index contributed by atoms with van der Waals surface area (Å²) in [5.74, 6) is 0.682. The van der Waals surface area contributed by atoms with Crippen molar-refractivity contribution in [2.45, 2.75) is 25.8 Å². The molecule has 2 rings (SSSR count). The summed E-state index contributed by atoms with van der Waals surface area (Å²) in [7, 11) is 0. The van der Waals surface area contributed by atoms with Crippen LogP contribution in [0.4, 0.5) is 5.69 Å². The van der Waals surface area contributed by atoms with Gasteiger partial charge in [-0.05, 0) is 49.9 Å². The van der Waals surface area contributed by atoms with Gasteiger partial charge in [-0.1, -0.05) is 12.1 Å². The van der Waals surface area contributed by atoms with Gasteiger partial charge in [0.15, 0.2) is 0 Å². The number of hydrogen-bond acceptors (Lipinski definition) is 3. The predicted molar refractivity (Wildman–Crippen MR) is 72.8 cm³/mol. The first-order valence-corrected chi connectivity index (χ1v) is 6.47. The molecule has 1 saturated heterocycles. The number of benzene rings is 1. The first-order valence-electron chi connectivity index (χ1n) is 6.47. The zero-order chi connectivity index (χ0) is 12.3. The van der Waals surface area contributed by atoms with Crippen LogP contribution >= 0.6 is 0 Å². The number of nitrogens with zero attached hydrogens (tertiary/aromatic N) is 1. The topological polar surface area (TPSA) is 55.3 Å². The highest BCUT2D eigenvalue weighted by atomic mass is 15.1. The largest absolute Gasteiger partial charge is 0.399 e. The van der Waals surface area contributed by atoms with E-state index in [0.717, 1.165) is 25.2 Å². The van der Waals surface area contributed by atoms with Crippen LogP contribution in [0.1, 0.15) is 18.9 Å². The van der Waals surface area contributed by atoms with Crippen molar-refractivity contribution in [2.75, 3.05) is 25.4 Å². The second-order valence-corrected chi connectivity index (χ2v) is 5.20. The molecule has 0 bridgehead atoms. The van der Waals surface area contributed by atoms with Crippen molar-refractivity contribution >= 4 is 5.69 Å². The van der Waals surface area contributed by atoms with Gasteiger partial charge >= 0.3 is 0 Å². The van der Waals surface area contributed by atoms with Crippen molar-refractivity contribution in [3.8, 4) is 0 Å². The van der Waals surface area contributed by atoms with E-state index in [2.05, 4.69) is 24.0 Å². The zero-order valence-electron chi connectivity index (χ0n) is 10.6. The van der Waals surface area contributed by atoms with Crippen LogP contribution in [0.3, 0.4) is 0 Å². The molecule has 2 atom stereocenters. The molecule has 0 radical (unpaired) electrons. The molecular formula is C14H23N3. The quantitative estimate of drug-likeness (QED) is 0.775. The Labute approximate surface area is 104 Å². The van der Waals surface area contributed by atoms with Crippen molar-refractivity contribution in [1.82, 2.24) is 4.90 Å². The molecule has 2 unspecified atom stereocenters. The number of nitrogens with two attached hydrogens (primary N) is 2. The van der Waals surface area contributed by atoms with Crippen LogP contribution in [-0.2, 0) is 6.42 Å². The molecule has 1 aromatic carbocycles. The summed E-state index contributed by atoms with van der Waals surface area (Å²) >= 11 is 0. The molecule has 1 aliphatic heterocycles. The van der Waals surface area contributed by atoms with E-state index in [4.69, 9.17) is 11.5 Å². The van der Waals surface area contributed by atoms with E-state index in [1.165, 1.54) is 18.5 Å². The van der Waals surface area contributed by atoms with E-state index in [-0.39, 0.29) is 0 Å². The minimum Gasteiger partial charge on any atom is -0.399 e. The van der Waals surface area contributed by atoms with Gasteiger partial charge in [0.1, 0.15) is 0 Å². The molecule has 0 amide bonds. The van der Waals surface area contributed by atoms with Crippen molar-refractivity contribution < 1.29 is 0 Å². The molecule has 0 aliphatic carbocycles. The van der Waals surface area contributed by atoms with Crippen LogP contribution in [0.5, 0.6) is 0 Å². The number of anilines is 1. The van der Waals surface area contributed by atoms with Gasteiger partial charge in [-0.15, -0.1) is 0 Å². The smallest absolute Gasteiger partial charge is 0.0314 e. The Morgan fingerprint density at radius 2 is 2.06 bits per heavy atom. The van der Waals surface area contributed by atoms with E-state index in [1.54, 1.807) is 0 Å². The Morgan fingerprint density at radius 3 is 2.65 bits per heavy atom. The maximum Gasteiger partial charge on any atom is 0.0314 e. The third-order valence-electron chi connectivity index (χ3n) is 3.75. The molecule has 3 nitrogen and oxygen atoms in total. The maximum atomic E-state index is 5.94. The fourth-order valence-electron chi connectivity index (χ4n) is 2.47. The molecule has 0 saturated carbocycles. The van der Waals surface area contributed by atoms with Gasteiger partial charge in [0.05, 0.1) is 0 Å². The summed E-state index contributed by atoms with van der Waals surface area (Å²) in [5, 5.41) is 0. The Kier molecular flexibility index (Phi) is 4.02. The standard InChI is InChI=1S/C14H23N3/c1-11(15)13-7-9-17(10-13)8-6-12-2-4-14(16)5-3-12/h2-5,11,13H,6-10,15-16H2,1H3. The Bertz CT molecular complexity index is 345. The summed E-state index contributed by atoms with van der Waals surface area (Å²) < 4.78 is 0. The van der Waals surface area contributed by atoms with Gasteiger partial charge in [-0.3, -0.25) is 0 Å². The summed E-state index contributed by atoms with van der Waals surface area (Å²) in [6.07, 6.45) is 2.35. The molecule has 1 aliphatic rings. The number of nitrogen functional groups attached to an aromatic ring is 1. The van der Waals surface area contributed by atoms with Gasteiger partial charge in [0.2, 0.25) is 0 Å². The fraction of sp³-hybridized carbons (Fsp3) is 0.571. The minimum atomic E-state index is 0.330. The molecule has 4 N–H and O–H groups in total. The van der Waals surface area contributed by atoms with Crippen LogP contribution in [0.25, 0.3) is 0 Å². The van der Waals surface area contributed by atoms with E-state index < -0.39 is 0 Å². The molecule has 94 valence electrons. The molecule has 1 heterocycles. The lowest BCUT2D eigenvalue weighted by molar-refractivity contribution is 0.319. The van der Waals surface area contributed by atoms with E-state index in [1.807, 2.05) is 12.1 Å². The first kappa shape index (κ1) is 12.4. The highest BCUT2D eigenvalue weighted by Crippen LogP contribution is 2.18. The number of hydrogen-bond donors (Lipinski definition) is 2. The van der Waals surface area contributed by atoms with E-state index in [9.17, 15) is 0 Å². The summed E-state index contributed by atoms with van der Waals surface area (Å²) in [6, 6.07) is 8.52. The number of likely N-dealkylation sites (tertiary alicyclic amines) is 1. The van der Waals surface area contributed by atoms with E-state index >= 15 is 0 Å². The van der Waals surface area contributed by atoms with Crippen molar-refractivity contribution in [3.05, 3.63) is 29.8 Å². The summed E-state index contributed by atoms with van der Waals surface area (Å²) in [6.45, 7) is 5.61. The third-order valence-corrected chi connectivity index (χ3v) is 3.75.